The van der Waals surface area contributed by atoms with Gasteiger partial charge < -0.3 is 4.90 Å². The summed E-state index contributed by atoms with van der Waals surface area (Å²) >= 11 is 0. The quantitative estimate of drug-likeness (QED) is 0.0540. The molecule has 9 atom stereocenters. The molecule has 4 aliphatic rings. The minimum atomic E-state index is 0.515. The summed E-state index contributed by atoms with van der Waals surface area (Å²) in [4.78, 5) is 2.46. The lowest BCUT2D eigenvalue weighted by atomic mass is 9.46. The Morgan fingerprint density at radius 3 is 2.02 bits per heavy atom. The van der Waals surface area contributed by atoms with E-state index in [2.05, 4.69) is 90.9 Å². The van der Waals surface area contributed by atoms with Gasteiger partial charge >= 0.3 is 0 Å². The molecule has 0 saturated heterocycles. The molecule has 4 rings (SSSR count). The molecule has 0 bridgehead atoms. The molecule has 0 N–H and O–H groups in total. The first-order chi connectivity index (χ1) is 27.1. The highest BCUT2D eigenvalue weighted by Crippen LogP contribution is 2.67. The van der Waals surface area contributed by atoms with E-state index in [1.165, 1.54) is 193 Å². The predicted octanol–water partition coefficient (Wildman–Crippen LogP) is 17.4. The normalized spacial score (nSPS) is 30.2. The lowest BCUT2D eigenvalue weighted by Crippen LogP contribution is -2.50. The standard InChI is InChI=1S/C55H99N/c1-9-10-11-12-13-14-15-16-17-18-19-20-21-22-23-24-25-26-33-48(44-56(7)8)34-28-27-32-47-39-41-54(5)49(43-47)35-36-50-52-38-37-51(46(4)31-29-30-45(2)3)55(52,6)42-40-53(50)54/h13-14,16-17,35,45-48,50-53H,9-12,15,18-34,36-44H2,1-8H3/b14-13-,17-16-/t46?,47-,48?,50?,51?,52?,53?,54-,55+/m0/s1. The minimum Gasteiger partial charge on any atom is -0.309 e. The van der Waals surface area contributed by atoms with Crippen LogP contribution in [-0.4, -0.2) is 25.5 Å². The first-order valence-corrected chi connectivity index (χ1v) is 25.7. The predicted molar refractivity (Wildman–Crippen MR) is 250 cm³/mol. The zero-order valence-electron chi connectivity index (χ0n) is 39.4. The third-order valence-electron chi connectivity index (χ3n) is 16.8. The molecule has 0 amide bonds. The summed E-state index contributed by atoms with van der Waals surface area (Å²) in [6.45, 7) is 16.5. The zero-order valence-corrected chi connectivity index (χ0v) is 39.4. The van der Waals surface area contributed by atoms with Crippen molar-refractivity contribution in [3.8, 4) is 0 Å². The van der Waals surface area contributed by atoms with E-state index in [0.29, 0.717) is 10.8 Å². The molecule has 0 aromatic carbocycles. The maximum Gasteiger partial charge on any atom is 0.000356 e. The first-order valence-electron chi connectivity index (χ1n) is 25.7. The number of hydrogen-bond donors (Lipinski definition) is 0. The van der Waals surface area contributed by atoms with Crippen LogP contribution in [0, 0.1) is 58.2 Å². The fourth-order valence-electron chi connectivity index (χ4n) is 13.5. The van der Waals surface area contributed by atoms with Crippen LogP contribution in [0.15, 0.2) is 36.0 Å². The van der Waals surface area contributed by atoms with Gasteiger partial charge in [-0.25, -0.2) is 0 Å². The molecular weight excluding hydrogens is 675 g/mol. The van der Waals surface area contributed by atoms with Crippen molar-refractivity contribution in [2.45, 2.75) is 234 Å². The molecule has 3 saturated carbocycles. The Morgan fingerprint density at radius 2 is 1.34 bits per heavy atom. The number of unbranched alkanes of at least 4 members (excludes halogenated alkanes) is 12. The van der Waals surface area contributed by atoms with E-state index >= 15 is 0 Å². The van der Waals surface area contributed by atoms with Gasteiger partial charge in [0, 0.05) is 6.54 Å². The van der Waals surface area contributed by atoms with Crippen molar-refractivity contribution in [3.63, 3.8) is 0 Å². The molecule has 0 aromatic heterocycles. The van der Waals surface area contributed by atoms with E-state index in [9.17, 15) is 0 Å². The second kappa shape index (κ2) is 25.7. The second-order valence-corrected chi connectivity index (χ2v) is 21.9. The van der Waals surface area contributed by atoms with Crippen LogP contribution in [0.2, 0.25) is 0 Å². The Balaban J connectivity index is 1.07. The molecular formula is C55H99N. The Hall–Kier alpha value is -0.820. The van der Waals surface area contributed by atoms with Gasteiger partial charge in [-0.2, -0.15) is 0 Å². The van der Waals surface area contributed by atoms with Gasteiger partial charge in [-0.15, -0.1) is 0 Å². The van der Waals surface area contributed by atoms with Crippen LogP contribution in [0.25, 0.3) is 0 Å². The van der Waals surface area contributed by atoms with Gasteiger partial charge in [0.15, 0.2) is 0 Å². The lowest BCUT2D eigenvalue weighted by Gasteiger charge is -2.58. The largest absolute Gasteiger partial charge is 0.309 e. The van der Waals surface area contributed by atoms with Crippen molar-refractivity contribution in [2.24, 2.45) is 58.2 Å². The van der Waals surface area contributed by atoms with Crippen LogP contribution in [0.4, 0.5) is 0 Å². The highest BCUT2D eigenvalue weighted by molar-refractivity contribution is 5.25. The van der Waals surface area contributed by atoms with E-state index in [0.717, 1.165) is 53.8 Å². The molecule has 4 aliphatic carbocycles. The second-order valence-electron chi connectivity index (χ2n) is 21.9. The van der Waals surface area contributed by atoms with Gasteiger partial charge in [0.05, 0.1) is 0 Å². The number of hydrogen-bond acceptors (Lipinski definition) is 1. The van der Waals surface area contributed by atoms with E-state index in [1.807, 2.05) is 5.57 Å². The molecule has 0 radical (unpaired) electrons. The average molecular weight is 774 g/mol. The fourth-order valence-corrected chi connectivity index (χ4v) is 13.5. The molecule has 0 heterocycles. The highest BCUT2D eigenvalue weighted by atomic mass is 15.1. The van der Waals surface area contributed by atoms with Crippen LogP contribution < -0.4 is 0 Å². The van der Waals surface area contributed by atoms with Crippen LogP contribution >= 0.6 is 0 Å². The van der Waals surface area contributed by atoms with Gasteiger partial charge in [-0.3, -0.25) is 0 Å². The Morgan fingerprint density at radius 1 is 0.679 bits per heavy atom. The molecule has 6 unspecified atom stereocenters. The van der Waals surface area contributed by atoms with Crippen molar-refractivity contribution in [1.82, 2.24) is 4.90 Å². The smallest absolute Gasteiger partial charge is 0.000356 e. The third-order valence-corrected chi connectivity index (χ3v) is 16.8. The van der Waals surface area contributed by atoms with Gasteiger partial charge in [-0.05, 0) is 169 Å². The number of rotatable bonds is 29. The average Bonchev–Trinajstić information content (AvgIpc) is 3.53. The van der Waals surface area contributed by atoms with Crippen LogP contribution in [0.5, 0.6) is 0 Å². The van der Waals surface area contributed by atoms with E-state index in [4.69, 9.17) is 0 Å². The number of fused-ring (bicyclic) bond motifs is 5. The van der Waals surface area contributed by atoms with Gasteiger partial charge in [0.25, 0.3) is 0 Å². The highest BCUT2D eigenvalue weighted by Gasteiger charge is 2.59. The molecule has 0 aromatic rings. The van der Waals surface area contributed by atoms with Gasteiger partial charge in [-0.1, -0.05) is 174 Å². The van der Waals surface area contributed by atoms with E-state index < -0.39 is 0 Å². The van der Waals surface area contributed by atoms with Crippen molar-refractivity contribution >= 4 is 0 Å². The molecule has 0 aliphatic heterocycles. The van der Waals surface area contributed by atoms with Crippen molar-refractivity contribution in [2.75, 3.05) is 20.6 Å². The molecule has 324 valence electrons. The maximum atomic E-state index is 2.85. The van der Waals surface area contributed by atoms with Crippen LogP contribution in [0.3, 0.4) is 0 Å². The minimum absolute atomic E-state index is 0.515. The summed E-state index contributed by atoms with van der Waals surface area (Å²) in [5, 5.41) is 0. The third kappa shape index (κ3) is 15.0. The molecule has 0 spiro atoms. The summed E-state index contributed by atoms with van der Waals surface area (Å²) in [7, 11) is 4.59. The van der Waals surface area contributed by atoms with Crippen molar-refractivity contribution < 1.29 is 0 Å². The first kappa shape index (κ1) is 47.9. The van der Waals surface area contributed by atoms with E-state index in [-0.39, 0.29) is 0 Å². The molecule has 56 heavy (non-hydrogen) atoms. The maximum absolute atomic E-state index is 2.85. The van der Waals surface area contributed by atoms with Crippen molar-refractivity contribution in [1.29, 1.82) is 0 Å². The fraction of sp³-hybridized carbons (Fsp3) is 0.891. The topological polar surface area (TPSA) is 3.24 Å². The Labute approximate surface area is 352 Å². The van der Waals surface area contributed by atoms with Gasteiger partial charge in [0.1, 0.15) is 0 Å². The Kier molecular flexibility index (Phi) is 22.0. The molecule has 1 nitrogen and oxygen atoms in total. The molecule has 1 heteroatoms. The van der Waals surface area contributed by atoms with Crippen molar-refractivity contribution in [3.05, 3.63) is 36.0 Å². The summed E-state index contributed by atoms with van der Waals surface area (Å²) in [5.74, 6) is 7.55. The van der Waals surface area contributed by atoms with Crippen LogP contribution in [0.1, 0.15) is 234 Å². The summed E-state index contributed by atoms with van der Waals surface area (Å²) in [6.07, 6.45) is 55.1. The van der Waals surface area contributed by atoms with E-state index in [1.54, 1.807) is 0 Å². The zero-order chi connectivity index (χ0) is 40.2. The van der Waals surface area contributed by atoms with Crippen LogP contribution in [-0.2, 0) is 0 Å². The summed E-state index contributed by atoms with van der Waals surface area (Å²) < 4.78 is 0. The summed E-state index contributed by atoms with van der Waals surface area (Å²) in [5.41, 5.74) is 3.05. The molecule has 3 fully saturated rings. The Bertz CT molecular complexity index is 1130. The lowest BCUT2D eigenvalue weighted by molar-refractivity contribution is -0.0529. The monoisotopic (exact) mass is 774 g/mol. The number of allylic oxidation sites excluding steroid dienone is 6. The van der Waals surface area contributed by atoms with Gasteiger partial charge in [0.2, 0.25) is 0 Å². The number of nitrogens with zero attached hydrogens (tertiary/aromatic N) is 1. The SMILES string of the molecule is CCCCC/C=C\C/C=C\CCCCCCCCCCC(CCCC[C@H]1CC[C@@]2(C)C(=CCC3C4CCC(C(C)CCCC(C)C)[C@@]4(C)CCC32)C1)CN(C)C. The summed E-state index contributed by atoms with van der Waals surface area (Å²) in [6, 6.07) is 0.